The van der Waals surface area contributed by atoms with Gasteiger partial charge < -0.3 is 0 Å². The molecule has 90 valence electrons. The Bertz CT molecular complexity index is 378. The van der Waals surface area contributed by atoms with Crippen LogP contribution in [0.1, 0.15) is 0 Å². The highest BCUT2D eigenvalue weighted by Gasteiger charge is 2.27. The summed E-state index contributed by atoms with van der Waals surface area (Å²) in [5, 5.41) is 0. The Morgan fingerprint density at radius 2 is 2.00 bits per heavy atom. The van der Waals surface area contributed by atoms with E-state index in [-0.39, 0.29) is 28.2 Å². The first-order chi connectivity index (χ1) is 7.38. The van der Waals surface area contributed by atoms with Crippen LogP contribution in [0.25, 0.3) is 0 Å². The summed E-state index contributed by atoms with van der Waals surface area (Å²) in [7, 11) is -1.59. The van der Waals surface area contributed by atoms with E-state index in [1.165, 1.54) is 18.2 Å². The molecule has 0 aliphatic rings. The topological polar surface area (TPSA) is 17.1 Å². The van der Waals surface area contributed by atoms with Gasteiger partial charge in [0.15, 0.2) is 0 Å². The first kappa shape index (κ1) is 13.5. The highest BCUT2D eigenvalue weighted by Crippen LogP contribution is 2.30. The number of hydrogen-bond acceptors (Lipinski definition) is 2. The molecule has 1 atom stereocenters. The normalized spacial score (nSPS) is 13.8. The summed E-state index contributed by atoms with van der Waals surface area (Å²) in [6.07, 6.45) is 0. The maximum atomic E-state index is 12.7. The lowest BCUT2D eigenvalue weighted by Gasteiger charge is -2.05. The minimum atomic E-state index is -4.31. The van der Waals surface area contributed by atoms with Crippen molar-refractivity contribution in [2.75, 3.05) is 11.5 Å². The van der Waals surface area contributed by atoms with Gasteiger partial charge in [0.2, 0.25) is 0 Å². The van der Waals surface area contributed by atoms with Gasteiger partial charge in [0.1, 0.15) is 5.82 Å². The zero-order chi connectivity index (χ0) is 12.2. The third-order valence-electron chi connectivity index (χ3n) is 1.59. The van der Waals surface area contributed by atoms with Gasteiger partial charge >= 0.3 is 5.51 Å². The molecule has 0 heterocycles. The third kappa shape index (κ3) is 4.98. The Balaban J connectivity index is 2.47. The molecule has 1 aromatic carbocycles. The Kier molecular flexibility index (Phi) is 4.79. The van der Waals surface area contributed by atoms with E-state index in [2.05, 4.69) is 0 Å². The molecule has 0 spiro atoms. The fourth-order valence-corrected chi connectivity index (χ4v) is 2.84. The average Bonchev–Trinajstić information content (AvgIpc) is 2.15. The van der Waals surface area contributed by atoms with Crippen molar-refractivity contribution < 1.29 is 21.8 Å². The van der Waals surface area contributed by atoms with Gasteiger partial charge in [-0.05, 0) is 18.2 Å². The molecule has 1 rings (SSSR count). The molecule has 0 amide bonds. The molecule has 0 saturated heterocycles. The molecule has 7 heteroatoms. The quantitative estimate of drug-likeness (QED) is 0.783. The van der Waals surface area contributed by atoms with E-state index in [0.717, 1.165) is 6.07 Å². The highest BCUT2D eigenvalue weighted by atomic mass is 32.2. The summed E-state index contributed by atoms with van der Waals surface area (Å²) in [6.45, 7) is 0. The number of benzene rings is 1. The summed E-state index contributed by atoms with van der Waals surface area (Å²) in [4.78, 5) is 0.211. The lowest BCUT2D eigenvalue weighted by atomic mass is 10.4. The van der Waals surface area contributed by atoms with E-state index >= 15 is 0 Å². The molecule has 0 saturated carbocycles. The molecule has 0 aliphatic heterocycles. The molecule has 1 nitrogen and oxygen atoms in total. The monoisotopic (exact) mass is 272 g/mol. The smallest absolute Gasteiger partial charge is 0.254 e. The standard InChI is InChI=1S/C9H8F4OS2/c10-7-2-1-3-8(6-7)16(14)5-4-15-9(11,12)13/h1-3,6H,4-5H2. The Hall–Kier alpha value is -0.560. The van der Waals surface area contributed by atoms with Crippen LogP contribution in [0.3, 0.4) is 0 Å². The second kappa shape index (κ2) is 5.67. The summed E-state index contributed by atoms with van der Waals surface area (Å²) >= 11 is -0.226. The third-order valence-corrected chi connectivity index (χ3v) is 3.94. The Morgan fingerprint density at radius 3 is 2.56 bits per heavy atom. The number of halogens is 4. The summed E-state index contributed by atoms with van der Waals surface area (Å²) in [6, 6.07) is 5.05. The molecule has 0 aliphatic carbocycles. The van der Waals surface area contributed by atoms with Crippen molar-refractivity contribution in [3.63, 3.8) is 0 Å². The van der Waals surface area contributed by atoms with Gasteiger partial charge in [-0.3, -0.25) is 4.21 Å². The van der Waals surface area contributed by atoms with E-state index in [9.17, 15) is 21.8 Å². The first-order valence-corrected chi connectivity index (χ1v) is 6.53. The summed E-state index contributed by atoms with van der Waals surface area (Å²) in [5.74, 6) is -0.991. The molecule has 1 aromatic rings. The second-order valence-electron chi connectivity index (χ2n) is 2.80. The summed E-state index contributed by atoms with van der Waals surface area (Å²) in [5.41, 5.74) is -4.31. The van der Waals surface area contributed by atoms with Crippen molar-refractivity contribution in [2.45, 2.75) is 10.4 Å². The zero-order valence-corrected chi connectivity index (χ0v) is 9.59. The fourth-order valence-electron chi connectivity index (χ4n) is 0.960. The molecule has 0 N–H and O–H groups in total. The largest absolute Gasteiger partial charge is 0.441 e. The lowest BCUT2D eigenvalue weighted by molar-refractivity contribution is -0.0326. The summed E-state index contributed by atoms with van der Waals surface area (Å²) < 4.78 is 59.5. The minimum absolute atomic E-state index is 0.145. The Morgan fingerprint density at radius 1 is 1.31 bits per heavy atom. The van der Waals surface area contributed by atoms with Crippen LogP contribution in [0.5, 0.6) is 0 Å². The number of alkyl halides is 3. The number of rotatable bonds is 4. The van der Waals surface area contributed by atoms with Crippen LogP contribution < -0.4 is 0 Å². The molecule has 0 fully saturated rings. The lowest BCUT2D eigenvalue weighted by Crippen LogP contribution is -2.07. The van der Waals surface area contributed by atoms with Crippen LogP contribution >= 0.6 is 11.8 Å². The molecule has 0 bridgehead atoms. The number of thioether (sulfide) groups is 1. The maximum absolute atomic E-state index is 12.7. The highest BCUT2D eigenvalue weighted by molar-refractivity contribution is 8.00. The molecule has 1 unspecified atom stereocenters. The molecule has 0 radical (unpaired) electrons. The van der Waals surface area contributed by atoms with Crippen LogP contribution in [0.15, 0.2) is 29.2 Å². The van der Waals surface area contributed by atoms with E-state index in [1.807, 2.05) is 0 Å². The van der Waals surface area contributed by atoms with Gasteiger partial charge in [-0.2, -0.15) is 13.2 Å². The zero-order valence-electron chi connectivity index (χ0n) is 7.96. The van der Waals surface area contributed by atoms with Gasteiger partial charge in [0.25, 0.3) is 0 Å². The second-order valence-corrected chi connectivity index (χ2v) is 5.53. The van der Waals surface area contributed by atoms with Crippen LogP contribution in [0.4, 0.5) is 17.6 Å². The average molecular weight is 272 g/mol. The number of hydrogen-bond donors (Lipinski definition) is 0. The van der Waals surface area contributed by atoms with E-state index in [1.54, 1.807) is 0 Å². The Labute approximate surface area is 96.7 Å². The van der Waals surface area contributed by atoms with Gasteiger partial charge in [-0.1, -0.05) is 17.8 Å². The molecule has 16 heavy (non-hydrogen) atoms. The maximum Gasteiger partial charge on any atom is 0.441 e. The molecular formula is C9H8F4OS2. The van der Waals surface area contributed by atoms with E-state index < -0.39 is 22.1 Å². The SMILES string of the molecule is O=S(CCSC(F)(F)F)c1cccc(F)c1. The van der Waals surface area contributed by atoms with E-state index in [4.69, 9.17) is 0 Å². The predicted octanol–water partition coefficient (Wildman–Crippen LogP) is 3.19. The molecular weight excluding hydrogens is 264 g/mol. The van der Waals surface area contributed by atoms with Crippen LogP contribution in [-0.4, -0.2) is 21.2 Å². The van der Waals surface area contributed by atoms with Crippen molar-refractivity contribution in [1.29, 1.82) is 0 Å². The van der Waals surface area contributed by atoms with Gasteiger partial charge in [-0.25, -0.2) is 4.39 Å². The van der Waals surface area contributed by atoms with Gasteiger partial charge in [0.05, 0.1) is 10.8 Å². The van der Waals surface area contributed by atoms with E-state index in [0.29, 0.717) is 0 Å². The van der Waals surface area contributed by atoms with Gasteiger partial charge in [0, 0.05) is 16.4 Å². The first-order valence-electron chi connectivity index (χ1n) is 4.23. The van der Waals surface area contributed by atoms with Gasteiger partial charge in [-0.15, -0.1) is 0 Å². The fraction of sp³-hybridized carbons (Fsp3) is 0.333. The van der Waals surface area contributed by atoms with Crippen molar-refractivity contribution >= 4 is 22.6 Å². The van der Waals surface area contributed by atoms with Crippen molar-refractivity contribution in [2.24, 2.45) is 0 Å². The van der Waals surface area contributed by atoms with Crippen molar-refractivity contribution in [3.05, 3.63) is 30.1 Å². The minimum Gasteiger partial charge on any atom is -0.254 e. The van der Waals surface area contributed by atoms with Crippen molar-refractivity contribution in [3.8, 4) is 0 Å². The predicted molar refractivity (Wildman–Crippen MR) is 56.2 cm³/mol. The van der Waals surface area contributed by atoms with Crippen LogP contribution in [-0.2, 0) is 10.8 Å². The van der Waals surface area contributed by atoms with Crippen LogP contribution in [0, 0.1) is 5.82 Å². The van der Waals surface area contributed by atoms with Crippen molar-refractivity contribution in [1.82, 2.24) is 0 Å². The molecule has 0 aromatic heterocycles. The van der Waals surface area contributed by atoms with Crippen LogP contribution in [0.2, 0.25) is 0 Å².